The molecule has 0 bridgehead atoms. The highest BCUT2D eigenvalue weighted by molar-refractivity contribution is 7.89. The van der Waals surface area contributed by atoms with E-state index in [0.717, 1.165) is 18.4 Å². The predicted octanol–water partition coefficient (Wildman–Crippen LogP) is 2.05. The van der Waals surface area contributed by atoms with Crippen molar-refractivity contribution in [3.63, 3.8) is 0 Å². The van der Waals surface area contributed by atoms with Crippen molar-refractivity contribution in [3.05, 3.63) is 23.8 Å². The van der Waals surface area contributed by atoms with Crippen LogP contribution in [-0.4, -0.2) is 15.0 Å². The molecule has 0 aliphatic heterocycles. The lowest BCUT2D eigenvalue weighted by Crippen LogP contribution is -2.40. The van der Waals surface area contributed by atoms with Gasteiger partial charge in [-0.05, 0) is 42.9 Å². The van der Waals surface area contributed by atoms with Crippen LogP contribution in [0.5, 0.6) is 0 Å². The van der Waals surface area contributed by atoms with E-state index in [4.69, 9.17) is 5.73 Å². The van der Waals surface area contributed by atoms with Gasteiger partial charge in [0.2, 0.25) is 10.0 Å². The van der Waals surface area contributed by atoms with E-state index in [9.17, 15) is 8.42 Å². The Bertz CT molecular complexity index is 548. The molecule has 0 spiro atoms. The molecule has 5 heteroatoms. The molecule has 100 valence electrons. The average molecular weight is 268 g/mol. The van der Waals surface area contributed by atoms with Crippen LogP contribution in [0.2, 0.25) is 0 Å². The van der Waals surface area contributed by atoms with Crippen molar-refractivity contribution in [2.24, 2.45) is 5.41 Å². The van der Waals surface area contributed by atoms with E-state index in [0.29, 0.717) is 12.2 Å². The summed E-state index contributed by atoms with van der Waals surface area (Å²) in [5, 5.41) is 0. The SMILES string of the molecule is Cc1ccc(N)cc1S(=O)(=O)NCC1(C)CCC1. The van der Waals surface area contributed by atoms with Gasteiger partial charge in [-0.3, -0.25) is 0 Å². The molecule has 1 aliphatic carbocycles. The van der Waals surface area contributed by atoms with Crippen LogP contribution in [0.15, 0.2) is 23.1 Å². The number of nitrogen functional groups attached to an aromatic ring is 1. The Morgan fingerprint density at radius 3 is 2.61 bits per heavy atom. The molecule has 0 aromatic heterocycles. The van der Waals surface area contributed by atoms with E-state index in [2.05, 4.69) is 11.6 Å². The molecule has 1 fully saturated rings. The highest BCUT2D eigenvalue weighted by Gasteiger charge is 2.33. The van der Waals surface area contributed by atoms with Crippen molar-refractivity contribution >= 4 is 15.7 Å². The fourth-order valence-electron chi connectivity index (χ4n) is 2.21. The minimum atomic E-state index is -3.45. The zero-order valence-electron chi connectivity index (χ0n) is 10.9. The van der Waals surface area contributed by atoms with Crippen molar-refractivity contribution in [1.82, 2.24) is 4.72 Å². The van der Waals surface area contributed by atoms with Gasteiger partial charge in [0, 0.05) is 12.2 Å². The van der Waals surface area contributed by atoms with Gasteiger partial charge >= 0.3 is 0 Å². The van der Waals surface area contributed by atoms with Crippen LogP contribution in [0, 0.1) is 12.3 Å². The van der Waals surface area contributed by atoms with Gasteiger partial charge in [-0.2, -0.15) is 0 Å². The highest BCUT2D eigenvalue weighted by atomic mass is 32.2. The van der Waals surface area contributed by atoms with Gasteiger partial charge in [0.25, 0.3) is 0 Å². The highest BCUT2D eigenvalue weighted by Crippen LogP contribution is 2.39. The maximum atomic E-state index is 12.2. The minimum absolute atomic E-state index is 0.126. The van der Waals surface area contributed by atoms with Crippen molar-refractivity contribution in [1.29, 1.82) is 0 Å². The Morgan fingerprint density at radius 2 is 2.06 bits per heavy atom. The third-order valence-electron chi connectivity index (χ3n) is 3.75. The Morgan fingerprint density at radius 1 is 1.39 bits per heavy atom. The number of benzene rings is 1. The summed E-state index contributed by atoms with van der Waals surface area (Å²) in [5.41, 5.74) is 6.96. The second-order valence-corrected chi connectivity index (χ2v) is 7.25. The summed E-state index contributed by atoms with van der Waals surface area (Å²) >= 11 is 0. The van der Waals surface area contributed by atoms with Gasteiger partial charge in [0.05, 0.1) is 4.90 Å². The molecule has 0 heterocycles. The van der Waals surface area contributed by atoms with Crippen LogP contribution < -0.4 is 10.5 Å². The number of nitrogens with two attached hydrogens (primary N) is 1. The van der Waals surface area contributed by atoms with E-state index in [1.54, 1.807) is 19.1 Å². The molecule has 0 saturated heterocycles. The van der Waals surface area contributed by atoms with Gasteiger partial charge in [-0.25, -0.2) is 13.1 Å². The predicted molar refractivity (Wildman–Crippen MR) is 72.7 cm³/mol. The molecule has 4 nitrogen and oxygen atoms in total. The zero-order chi connectivity index (χ0) is 13.4. The van der Waals surface area contributed by atoms with Gasteiger partial charge in [0.1, 0.15) is 0 Å². The molecule has 1 saturated carbocycles. The molecule has 3 N–H and O–H groups in total. The van der Waals surface area contributed by atoms with Crippen molar-refractivity contribution in [2.45, 2.75) is 38.0 Å². The molecule has 1 aromatic rings. The smallest absolute Gasteiger partial charge is 0.240 e. The summed E-state index contributed by atoms with van der Waals surface area (Å²) < 4.78 is 27.2. The van der Waals surface area contributed by atoms with Crippen molar-refractivity contribution in [2.75, 3.05) is 12.3 Å². The van der Waals surface area contributed by atoms with Crippen molar-refractivity contribution < 1.29 is 8.42 Å². The normalized spacial score (nSPS) is 18.3. The maximum absolute atomic E-state index is 12.2. The van der Waals surface area contributed by atoms with Crippen LogP contribution in [0.1, 0.15) is 31.7 Å². The van der Waals surface area contributed by atoms with Gasteiger partial charge in [-0.1, -0.05) is 19.4 Å². The molecule has 0 amide bonds. The molecule has 0 unspecified atom stereocenters. The van der Waals surface area contributed by atoms with Gasteiger partial charge in [-0.15, -0.1) is 0 Å². The maximum Gasteiger partial charge on any atom is 0.240 e. The number of sulfonamides is 1. The number of anilines is 1. The van der Waals surface area contributed by atoms with E-state index in [1.165, 1.54) is 12.5 Å². The fourth-order valence-corrected chi connectivity index (χ4v) is 3.69. The van der Waals surface area contributed by atoms with E-state index < -0.39 is 10.0 Å². The summed E-state index contributed by atoms with van der Waals surface area (Å²) in [6.45, 7) is 4.40. The molecule has 18 heavy (non-hydrogen) atoms. The second kappa shape index (κ2) is 4.55. The Labute approximate surface area is 109 Å². The lowest BCUT2D eigenvalue weighted by molar-refractivity contribution is 0.166. The van der Waals surface area contributed by atoms with Crippen LogP contribution in [0.25, 0.3) is 0 Å². The first kappa shape index (κ1) is 13.4. The number of rotatable bonds is 4. The monoisotopic (exact) mass is 268 g/mol. The standard InChI is InChI=1S/C13H20N2O2S/c1-10-4-5-11(14)8-12(10)18(16,17)15-9-13(2)6-3-7-13/h4-5,8,15H,3,6-7,9,14H2,1-2H3. The summed E-state index contributed by atoms with van der Waals surface area (Å²) in [6.07, 6.45) is 3.37. The Balaban J connectivity index is 2.17. The van der Waals surface area contributed by atoms with Gasteiger partial charge in [0.15, 0.2) is 0 Å². The molecule has 1 aromatic carbocycles. The third-order valence-corrected chi connectivity index (χ3v) is 5.29. The molecular weight excluding hydrogens is 248 g/mol. The van der Waals surface area contributed by atoms with Gasteiger partial charge < -0.3 is 5.73 Å². The largest absolute Gasteiger partial charge is 0.399 e. The molecule has 1 aliphatic rings. The van der Waals surface area contributed by atoms with E-state index in [1.807, 2.05) is 0 Å². The zero-order valence-corrected chi connectivity index (χ0v) is 11.7. The fraction of sp³-hybridized carbons (Fsp3) is 0.538. The first-order chi connectivity index (χ1) is 8.32. The van der Waals surface area contributed by atoms with E-state index in [-0.39, 0.29) is 10.3 Å². The minimum Gasteiger partial charge on any atom is -0.399 e. The average Bonchev–Trinajstić information content (AvgIpc) is 2.27. The first-order valence-corrected chi connectivity index (χ1v) is 7.67. The topological polar surface area (TPSA) is 72.2 Å². The molecule has 0 radical (unpaired) electrons. The quantitative estimate of drug-likeness (QED) is 0.821. The molecule has 0 atom stereocenters. The Kier molecular flexibility index (Phi) is 3.38. The summed E-state index contributed by atoms with van der Waals surface area (Å²) in [6, 6.07) is 4.96. The summed E-state index contributed by atoms with van der Waals surface area (Å²) in [7, 11) is -3.45. The van der Waals surface area contributed by atoms with Crippen LogP contribution >= 0.6 is 0 Å². The number of aryl methyl sites for hydroxylation is 1. The number of hydrogen-bond donors (Lipinski definition) is 2. The third kappa shape index (κ3) is 2.67. The van der Waals surface area contributed by atoms with E-state index >= 15 is 0 Å². The summed E-state index contributed by atoms with van der Waals surface area (Å²) in [4.78, 5) is 0.283. The molecule has 2 rings (SSSR count). The van der Waals surface area contributed by atoms with Crippen LogP contribution in [-0.2, 0) is 10.0 Å². The lowest BCUT2D eigenvalue weighted by atomic mass is 9.71. The van der Waals surface area contributed by atoms with Crippen molar-refractivity contribution in [3.8, 4) is 0 Å². The molecular formula is C13H20N2O2S. The number of hydrogen-bond acceptors (Lipinski definition) is 3. The van der Waals surface area contributed by atoms with Crippen LogP contribution in [0.3, 0.4) is 0 Å². The summed E-state index contributed by atoms with van der Waals surface area (Å²) in [5.74, 6) is 0. The first-order valence-electron chi connectivity index (χ1n) is 6.18. The number of nitrogens with one attached hydrogen (secondary N) is 1. The van der Waals surface area contributed by atoms with Crippen LogP contribution in [0.4, 0.5) is 5.69 Å². The lowest BCUT2D eigenvalue weighted by Gasteiger charge is -2.38. The Hall–Kier alpha value is -1.07. The second-order valence-electron chi connectivity index (χ2n) is 5.51.